The lowest BCUT2D eigenvalue weighted by Crippen LogP contribution is -2.28. The number of nitrogens with one attached hydrogen (secondary N) is 1. The number of pyridine rings is 2. The van der Waals surface area contributed by atoms with Crippen LogP contribution in [0.25, 0.3) is 11.5 Å². The van der Waals surface area contributed by atoms with Crippen LogP contribution in [0.2, 0.25) is 0 Å². The Morgan fingerprint density at radius 3 is 2.69 bits per heavy atom. The zero-order valence-electron chi connectivity index (χ0n) is 22.0. The summed E-state index contributed by atoms with van der Waals surface area (Å²) < 4.78 is 2.15. The predicted octanol–water partition coefficient (Wildman–Crippen LogP) is 3.82. The van der Waals surface area contributed by atoms with Gasteiger partial charge < -0.3 is 14.8 Å². The molecule has 2 aliphatic heterocycles. The molecular weight excluding hydrogens is 452 g/mol. The molecule has 5 rings (SSSR count). The zero-order chi connectivity index (χ0) is 25.4. The van der Waals surface area contributed by atoms with E-state index in [2.05, 4.69) is 52.7 Å². The standard InChI is InChI=1S/C27H36N8O/c1-6-23-31-32-26(34(23)15-17(2)3)21-10-7-11-24(29-21)35-16-20-19(27(35)36)13-25(30-22(20)14-28-5)33-12-8-9-18(33)4/h7,10-11,13,17-18,28H,6,8-9,12,14-16H2,1-5H3/t18-/m1/s1. The van der Waals surface area contributed by atoms with Gasteiger partial charge in [0.25, 0.3) is 5.91 Å². The number of aryl methyl sites for hydroxylation is 1. The van der Waals surface area contributed by atoms with Crippen LogP contribution >= 0.6 is 0 Å². The molecule has 9 heteroatoms. The van der Waals surface area contributed by atoms with Crippen LogP contribution in [0.3, 0.4) is 0 Å². The first-order chi connectivity index (χ1) is 17.4. The minimum absolute atomic E-state index is 0.0274. The molecule has 1 saturated heterocycles. The van der Waals surface area contributed by atoms with Crippen molar-refractivity contribution in [3.63, 3.8) is 0 Å². The quantitative estimate of drug-likeness (QED) is 0.515. The fourth-order valence-corrected chi connectivity index (χ4v) is 5.31. The van der Waals surface area contributed by atoms with Gasteiger partial charge in [0.1, 0.15) is 23.2 Å². The minimum atomic E-state index is -0.0274. The van der Waals surface area contributed by atoms with Crippen molar-refractivity contribution >= 4 is 17.5 Å². The molecule has 9 nitrogen and oxygen atoms in total. The first-order valence-corrected chi connectivity index (χ1v) is 13.1. The normalized spacial score (nSPS) is 17.5. The molecule has 3 aromatic heterocycles. The molecule has 0 aromatic carbocycles. The van der Waals surface area contributed by atoms with E-state index in [-0.39, 0.29) is 5.91 Å². The molecule has 0 bridgehead atoms. The van der Waals surface area contributed by atoms with Crippen molar-refractivity contribution < 1.29 is 4.79 Å². The maximum Gasteiger partial charge on any atom is 0.260 e. The van der Waals surface area contributed by atoms with Gasteiger partial charge in [-0.2, -0.15) is 0 Å². The lowest BCUT2D eigenvalue weighted by molar-refractivity contribution is 0.0996. The van der Waals surface area contributed by atoms with E-state index >= 15 is 0 Å². The number of nitrogens with zero attached hydrogens (tertiary/aromatic N) is 7. The molecule has 3 aromatic rings. The van der Waals surface area contributed by atoms with Gasteiger partial charge in [-0.05, 0) is 50.9 Å². The van der Waals surface area contributed by atoms with E-state index in [4.69, 9.17) is 9.97 Å². The van der Waals surface area contributed by atoms with E-state index in [9.17, 15) is 4.79 Å². The summed E-state index contributed by atoms with van der Waals surface area (Å²) >= 11 is 0. The minimum Gasteiger partial charge on any atom is -0.354 e. The topological polar surface area (TPSA) is 92.1 Å². The molecule has 1 atom stereocenters. The highest BCUT2D eigenvalue weighted by atomic mass is 16.2. The highest BCUT2D eigenvalue weighted by molar-refractivity contribution is 6.10. The average molecular weight is 489 g/mol. The van der Waals surface area contributed by atoms with Gasteiger partial charge in [-0.15, -0.1) is 10.2 Å². The summed E-state index contributed by atoms with van der Waals surface area (Å²) in [6, 6.07) is 8.19. The fraction of sp³-hybridized carbons (Fsp3) is 0.519. The predicted molar refractivity (Wildman–Crippen MR) is 141 cm³/mol. The van der Waals surface area contributed by atoms with Crippen LogP contribution in [0.4, 0.5) is 11.6 Å². The smallest absolute Gasteiger partial charge is 0.260 e. The van der Waals surface area contributed by atoms with E-state index in [0.717, 1.165) is 72.3 Å². The third-order valence-electron chi connectivity index (χ3n) is 7.11. The Hall–Kier alpha value is -3.33. The van der Waals surface area contributed by atoms with Crippen molar-refractivity contribution in [1.82, 2.24) is 30.0 Å². The van der Waals surface area contributed by atoms with E-state index < -0.39 is 0 Å². The average Bonchev–Trinajstić information content (AvgIpc) is 3.56. The summed E-state index contributed by atoms with van der Waals surface area (Å²) in [6.45, 7) is 11.6. The summed E-state index contributed by atoms with van der Waals surface area (Å²) in [6.07, 6.45) is 3.11. The highest BCUT2D eigenvalue weighted by Gasteiger charge is 2.34. The van der Waals surface area contributed by atoms with Crippen LogP contribution in [0.5, 0.6) is 0 Å². The van der Waals surface area contributed by atoms with Crippen LogP contribution in [0.1, 0.15) is 68.0 Å². The number of aromatic nitrogens is 5. The van der Waals surface area contributed by atoms with Gasteiger partial charge in [-0.25, -0.2) is 9.97 Å². The van der Waals surface area contributed by atoms with Crippen LogP contribution in [0.15, 0.2) is 24.3 Å². The van der Waals surface area contributed by atoms with Gasteiger partial charge in [0.05, 0.1) is 17.8 Å². The monoisotopic (exact) mass is 488 g/mol. The largest absolute Gasteiger partial charge is 0.354 e. The summed E-state index contributed by atoms with van der Waals surface area (Å²) in [7, 11) is 1.91. The van der Waals surface area contributed by atoms with Crippen LogP contribution in [0, 0.1) is 5.92 Å². The Balaban J connectivity index is 1.50. The second kappa shape index (κ2) is 9.97. The summed E-state index contributed by atoms with van der Waals surface area (Å²) in [5, 5.41) is 12.1. The molecule has 0 saturated carbocycles. The SMILES string of the molecule is CCc1nnc(-c2cccc(N3Cc4c(cc(N5CCC[C@H]5C)nc4CNC)C3=O)n2)n1CC(C)C. The third-order valence-corrected chi connectivity index (χ3v) is 7.11. The van der Waals surface area contributed by atoms with Crippen LogP contribution in [-0.4, -0.2) is 50.3 Å². The number of carbonyl (C=O) groups is 1. The molecule has 36 heavy (non-hydrogen) atoms. The number of fused-ring (bicyclic) bond motifs is 1. The van der Waals surface area contributed by atoms with E-state index in [1.807, 2.05) is 31.3 Å². The molecule has 1 fully saturated rings. The summed E-state index contributed by atoms with van der Waals surface area (Å²) in [5.74, 6) is 3.64. The van der Waals surface area contributed by atoms with Gasteiger partial charge >= 0.3 is 0 Å². The van der Waals surface area contributed by atoms with Crippen LogP contribution in [-0.2, 0) is 26.1 Å². The van der Waals surface area contributed by atoms with Crippen molar-refractivity contribution in [2.24, 2.45) is 5.92 Å². The number of rotatable bonds is 8. The molecule has 2 aliphatic rings. The summed E-state index contributed by atoms with van der Waals surface area (Å²) in [5.41, 5.74) is 3.37. The number of amides is 1. The molecule has 0 unspecified atom stereocenters. The van der Waals surface area contributed by atoms with Gasteiger partial charge in [0, 0.05) is 37.7 Å². The Morgan fingerprint density at radius 1 is 1.17 bits per heavy atom. The number of anilines is 2. The van der Waals surface area contributed by atoms with Crippen molar-refractivity contribution in [1.29, 1.82) is 0 Å². The first kappa shape index (κ1) is 24.4. The molecule has 5 heterocycles. The molecular formula is C27H36N8O. The zero-order valence-corrected chi connectivity index (χ0v) is 22.0. The number of hydrogen-bond donors (Lipinski definition) is 1. The highest BCUT2D eigenvalue weighted by Crippen LogP contribution is 2.34. The molecule has 0 aliphatic carbocycles. The third kappa shape index (κ3) is 4.36. The lowest BCUT2D eigenvalue weighted by Gasteiger charge is -2.24. The van der Waals surface area contributed by atoms with E-state index in [1.54, 1.807) is 4.90 Å². The second-order valence-corrected chi connectivity index (χ2v) is 10.2. The molecule has 1 N–H and O–H groups in total. The Labute approximate surface area is 213 Å². The van der Waals surface area contributed by atoms with Crippen molar-refractivity contribution in [3.8, 4) is 11.5 Å². The summed E-state index contributed by atoms with van der Waals surface area (Å²) in [4.78, 5) is 27.7. The molecule has 0 radical (unpaired) electrons. The molecule has 190 valence electrons. The van der Waals surface area contributed by atoms with Crippen molar-refractivity contribution in [2.45, 2.75) is 72.6 Å². The first-order valence-electron chi connectivity index (χ1n) is 13.1. The number of carbonyl (C=O) groups excluding carboxylic acids is 1. The van der Waals surface area contributed by atoms with Gasteiger partial charge in [0.2, 0.25) is 0 Å². The fourth-order valence-electron chi connectivity index (χ4n) is 5.31. The number of hydrogen-bond acceptors (Lipinski definition) is 7. The van der Waals surface area contributed by atoms with E-state index in [1.165, 1.54) is 0 Å². The Bertz CT molecular complexity index is 1270. The van der Waals surface area contributed by atoms with E-state index in [0.29, 0.717) is 30.9 Å². The van der Waals surface area contributed by atoms with Gasteiger partial charge in [0.15, 0.2) is 5.82 Å². The molecule has 1 amide bonds. The maximum atomic E-state index is 13.7. The van der Waals surface area contributed by atoms with Crippen LogP contribution < -0.4 is 15.1 Å². The van der Waals surface area contributed by atoms with Gasteiger partial charge in [-0.3, -0.25) is 9.69 Å². The Morgan fingerprint density at radius 2 is 2.00 bits per heavy atom. The van der Waals surface area contributed by atoms with Gasteiger partial charge in [-0.1, -0.05) is 26.8 Å². The molecule has 0 spiro atoms. The Kier molecular flexibility index (Phi) is 6.75. The van der Waals surface area contributed by atoms with Crippen molar-refractivity contribution in [3.05, 3.63) is 46.9 Å². The second-order valence-electron chi connectivity index (χ2n) is 10.2. The maximum absolute atomic E-state index is 13.7. The lowest BCUT2D eigenvalue weighted by atomic mass is 10.1. The van der Waals surface area contributed by atoms with Crippen molar-refractivity contribution in [2.75, 3.05) is 23.4 Å².